The second-order valence-electron chi connectivity index (χ2n) is 9.08. The van der Waals surface area contributed by atoms with Crippen LogP contribution in [-0.2, 0) is 4.79 Å². The van der Waals surface area contributed by atoms with Gasteiger partial charge in [-0.1, -0.05) is 35.9 Å². The van der Waals surface area contributed by atoms with E-state index >= 15 is 0 Å². The molecule has 6 rings (SSSR count). The minimum Gasteiger partial charge on any atom is -0.338 e. The quantitative estimate of drug-likeness (QED) is 0.500. The number of piperazine rings is 1. The summed E-state index contributed by atoms with van der Waals surface area (Å²) >= 11 is 0. The Labute approximate surface area is 186 Å². The first-order chi connectivity index (χ1) is 15.6. The van der Waals surface area contributed by atoms with Gasteiger partial charge < -0.3 is 9.80 Å². The molecule has 3 heterocycles. The van der Waals surface area contributed by atoms with Crippen LogP contribution in [0.4, 0.5) is 5.95 Å². The number of hydrogen-bond acceptors (Lipinski definition) is 5. The number of aryl methyl sites for hydroxylation is 1. The van der Waals surface area contributed by atoms with Crippen LogP contribution < -0.4 is 4.90 Å². The summed E-state index contributed by atoms with van der Waals surface area (Å²) in [5.41, 5.74) is 3.91. The fourth-order valence-corrected chi connectivity index (χ4v) is 4.78. The second kappa shape index (κ2) is 7.29. The lowest BCUT2D eigenvalue weighted by molar-refractivity contribution is -0.134. The van der Waals surface area contributed by atoms with Crippen LogP contribution in [0.5, 0.6) is 0 Å². The zero-order valence-corrected chi connectivity index (χ0v) is 18.4. The summed E-state index contributed by atoms with van der Waals surface area (Å²) in [5, 5.41) is 10.2. The summed E-state index contributed by atoms with van der Waals surface area (Å²) in [7, 11) is 0. The van der Waals surface area contributed by atoms with Crippen LogP contribution in [0, 0.1) is 12.8 Å². The van der Waals surface area contributed by atoms with Gasteiger partial charge in [0.05, 0.1) is 5.52 Å². The van der Waals surface area contributed by atoms with Gasteiger partial charge in [-0.2, -0.15) is 0 Å². The number of amides is 1. The molecule has 1 aliphatic carbocycles. The molecular weight excluding hydrogens is 400 g/mol. The molecule has 0 N–H and O–H groups in total. The van der Waals surface area contributed by atoms with E-state index in [9.17, 15) is 4.79 Å². The fourth-order valence-electron chi connectivity index (χ4n) is 4.78. The highest BCUT2D eigenvalue weighted by molar-refractivity contribution is 5.93. The lowest BCUT2D eigenvalue weighted by Crippen LogP contribution is -2.55. The first-order valence-electron chi connectivity index (χ1n) is 11.4. The number of fused-ring (bicyclic) bond motifs is 3. The summed E-state index contributed by atoms with van der Waals surface area (Å²) in [4.78, 5) is 22.1. The van der Waals surface area contributed by atoms with Gasteiger partial charge in [0.1, 0.15) is 0 Å². The summed E-state index contributed by atoms with van der Waals surface area (Å²) < 4.78 is 2.09. The monoisotopic (exact) mass is 426 g/mol. The summed E-state index contributed by atoms with van der Waals surface area (Å²) in [5.74, 6) is 2.20. The molecule has 1 saturated carbocycles. The Hall–Kier alpha value is -3.48. The van der Waals surface area contributed by atoms with Crippen molar-refractivity contribution < 1.29 is 4.79 Å². The van der Waals surface area contributed by atoms with Crippen molar-refractivity contribution in [1.29, 1.82) is 0 Å². The van der Waals surface area contributed by atoms with E-state index in [1.807, 2.05) is 30.3 Å². The molecule has 0 radical (unpaired) electrons. The Morgan fingerprint density at radius 3 is 2.66 bits per heavy atom. The number of para-hydroxylation sites is 1. The van der Waals surface area contributed by atoms with Crippen molar-refractivity contribution in [2.24, 2.45) is 5.92 Å². The van der Waals surface area contributed by atoms with Gasteiger partial charge in [-0.25, -0.2) is 9.38 Å². The molecule has 2 aromatic carbocycles. The van der Waals surface area contributed by atoms with E-state index in [-0.39, 0.29) is 12.0 Å². The Morgan fingerprint density at radius 2 is 1.88 bits per heavy atom. The molecule has 1 unspecified atom stereocenters. The number of hydrogen-bond donors (Lipinski definition) is 0. The normalized spacial score (nSPS) is 19.1. The second-order valence-corrected chi connectivity index (χ2v) is 9.08. The predicted octanol–water partition coefficient (Wildman–Crippen LogP) is 3.70. The molecule has 0 spiro atoms. The van der Waals surface area contributed by atoms with Crippen molar-refractivity contribution in [3.05, 3.63) is 54.1 Å². The van der Waals surface area contributed by atoms with Crippen LogP contribution in [0.25, 0.3) is 27.9 Å². The molecular formula is C25H26N6O. The molecule has 1 amide bonds. The van der Waals surface area contributed by atoms with Gasteiger partial charge in [0.15, 0.2) is 11.5 Å². The number of carbonyl (C=O) groups is 1. The first-order valence-corrected chi connectivity index (χ1v) is 11.4. The minimum absolute atomic E-state index is 0.138. The first kappa shape index (κ1) is 19.2. The lowest BCUT2D eigenvalue weighted by Gasteiger charge is -2.40. The van der Waals surface area contributed by atoms with E-state index in [0.29, 0.717) is 12.5 Å². The van der Waals surface area contributed by atoms with Crippen LogP contribution in [-0.4, -0.2) is 56.1 Å². The zero-order valence-electron chi connectivity index (χ0n) is 18.4. The smallest absolute Gasteiger partial charge is 0.226 e. The summed E-state index contributed by atoms with van der Waals surface area (Å²) in [6.45, 7) is 6.42. The van der Waals surface area contributed by atoms with Crippen molar-refractivity contribution in [2.75, 3.05) is 24.5 Å². The highest BCUT2D eigenvalue weighted by Gasteiger charge is 2.38. The minimum atomic E-state index is 0.138. The van der Waals surface area contributed by atoms with Gasteiger partial charge in [0, 0.05) is 42.5 Å². The van der Waals surface area contributed by atoms with Crippen LogP contribution in [0.3, 0.4) is 0 Å². The third kappa shape index (κ3) is 3.11. The van der Waals surface area contributed by atoms with Gasteiger partial charge in [0.25, 0.3) is 0 Å². The highest BCUT2D eigenvalue weighted by atomic mass is 16.2. The topological polar surface area (TPSA) is 66.6 Å². The molecule has 0 bridgehead atoms. The SMILES string of the molecule is Cc1cccc(-c2nnc3c4ccccc4nc(N4CCN(C(=O)C5CC5)C(C)C4)n23)c1. The summed E-state index contributed by atoms with van der Waals surface area (Å²) in [6, 6.07) is 16.5. The van der Waals surface area contributed by atoms with E-state index < -0.39 is 0 Å². The Bertz CT molecular complexity index is 1340. The number of aromatic nitrogens is 4. The van der Waals surface area contributed by atoms with Gasteiger partial charge >= 0.3 is 0 Å². The number of rotatable bonds is 3. The van der Waals surface area contributed by atoms with Crippen molar-refractivity contribution in [2.45, 2.75) is 32.7 Å². The standard InChI is InChI=1S/C25H26N6O/c1-16-6-5-7-19(14-16)22-27-28-23-20-8-3-4-9-21(20)26-25(31(22)23)29-12-13-30(17(2)15-29)24(32)18-10-11-18/h3-9,14,17-18H,10-13,15H2,1-2H3. The molecule has 2 fully saturated rings. The number of carbonyl (C=O) groups excluding carboxylic acids is 1. The van der Waals surface area contributed by atoms with Crippen LogP contribution >= 0.6 is 0 Å². The Morgan fingerprint density at radius 1 is 1.03 bits per heavy atom. The van der Waals surface area contributed by atoms with Gasteiger partial charge in [-0.15, -0.1) is 10.2 Å². The molecule has 4 aromatic rings. The largest absolute Gasteiger partial charge is 0.338 e. The maximum Gasteiger partial charge on any atom is 0.226 e. The average molecular weight is 427 g/mol. The molecule has 7 heteroatoms. The van der Waals surface area contributed by atoms with E-state index in [1.54, 1.807) is 0 Å². The van der Waals surface area contributed by atoms with Crippen molar-refractivity contribution in [3.63, 3.8) is 0 Å². The summed E-state index contributed by atoms with van der Waals surface area (Å²) in [6.07, 6.45) is 2.08. The molecule has 1 saturated heterocycles. The molecule has 1 atom stereocenters. The number of benzene rings is 2. The van der Waals surface area contributed by atoms with Crippen LogP contribution in [0.2, 0.25) is 0 Å². The Balaban J connectivity index is 1.48. The van der Waals surface area contributed by atoms with Crippen molar-refractivity contribution in [1.82, 2.24) is 24.5 Å². The average Bonchev–Trinajstić information content (AvgIpc) is 3.56. The van der Waals surface area contributed by atoms with Crippen molar-refractivity contribution in [3.8, 4) is 11.4 Å². The molecule has 7 nitrogen and oxygen atoms in total. The third-order valence-electron chi connectivity index (χ3n) is 6.62. The van der Waals surface area contributed by atoms with Crippen molar-refractivity contribution >= 4 is 28.4 Å². The zero-order chi connectivity index (χ0) is 21.8. The van der Waals surface area contributed by atoms with Crippen LogP contribution in [0.15, 0.2) is 48.5 Å². The molecule has 32 heavy (non-hydrogen) atoms. The molecule has 2 aromatic heterocycles. The lowest BCUT2D eigenvalue weighted by atomic mass is 10.1. The fraction of sp³-hybridized carbons (Fsp3) is 0.360. The highest BCUT2D eigenvalue weighted by Crippen LogP contribution is 2.33. The van der Waals surface area contributed by atoms with Gasteiger partial charge in [-0.3, -0.25) is 4.79 Å². The predicted molar refractivity (Wildman–Crippen MR) is 125 cm³/mol. The number of nitrogens with zero attached hydrogens (tertiary/aromatic N) is 6. The third-order valence-corrected chi connectivity index (χ3v) is 6.62. The van der Waals surface area contributed by atoms with E-state index in [2.05, 4.69) is 56.4 Å². The number of anilines is 1. The maximum atomic E-state index is 12.7. The van der Waals surface area contributed by atoms with Gasteiger partial charge in [0.2, 0.25) is 11.9 Å². The van der Waals surface area contributed by atoms with Gasteiger partial charge in [-0.05, 0) is 44.9 Å². The van der Waals surface area contributed by atoms with E-state index in [4.69, 9.17) is 4.98 Å². The molecule has 2 aliphatic rings. The Kier molecular flexibility index (Phi) is 4.38. The maximum absolute atomic E-state index is 12.7. The van der Waals surface area contributed by atoms with E-state index in [1.165, 1.54) is 5.56 Å². The van der Waals surface area contributed by atoms with E-state index in [0.717, 1.165) is 59.8 Å². The molecule has 1 aliphatic heterocycles. The molecule has 162 valence electrons. The van der Waals surface area contributed by atoms with Crippen LogP contribution in [0.1, 0.15) is 25.3 Å².